The summed E-state index contributed by atoms with van der Waals surface area (Å²) in [6.45, 7) is 4.97. The molecular formula is C16H24N2O2. The van der Waals surface area contributed by atoms with Crippen molar-refractivity contribution in [2.45, 2.75) is 39.2 Å². The standard InChI is InChI=1S/C16H24N2O2/c1-13-6-5-7-14(16(13)20)12-17-9-8-15(19)18-10-3-2-4-11-18/h5-7,17,20H,2-4,8-12H2,1H3. The number of amides is 1. The second-order valence-corrected chi connectivity index (χ2v) is 5.45. The molecule has 2 N–H and O–H groups in total. The number of carbonyl (C=O) groups is 1. The van der Waals surface area contributed by atoms with Crippen molar-refractivity contribution < 1.29 is 9.90 Å². The molecule has 0 atom stereocenters. The molecule has 0 saturated carbocycles. The summed E-state index contributed by atoms with van der Waals surface area (Å²) in [5.41, 5.74) is 1.77. The highest BCUT2D eigenvalue weighted by atomic mass is 16.3. The first-order valence-electron chi connectivity index (χ1n) is 7.44. The number of hydrogen-bond donors (Lipinski definition) is 2. The normalized spacial score (nSPS) is 15.3. The number of aromatic hydroxyl groups is 1. The lowest BCUT2D eigenvalue weighted by molar-refractivity contribution is -0.131. The molecule has 1 amide bonds. The van der Waals surface area contributed by atoms with Gasteiger partial charge in [0.1, 0.15) is 5.75 Å². The third-order valence-electron chi connectivity index (χ3n) is 3.86. The van der Waals surface area contributed by atoms with Gasteiger partial charge in [0.05, 0.1) is 0 Å². The molecule has 1 saturated heterocycles. The van der Waals surface area contributed by atoms with Gasteiger partial charge in [-0.05, 0) is 31.7 Å². The lowest BCUT2D eigenvalue weighted by atomic mass is 10.1. The fraction of sp³-hybridized carbons (Fsp3) is 0.562. The number of carbonyl (C=O) groups excluding carboxylic acids is 1. The number of nitrogens with zero attached hydrogens (tertiary/aromatic N) is 1. The molecule has 20 heavy (non-hydrogen) atoms. The van der Waals surface area contributed by atoms with Crippen LogP contribution in [0.5, 0.6) is 5.75 Å². The third-order valence-corrected chi connectivity index (χ3v) is 3.86. The zero-order valence-corrected chi connectivity index (χ0v) is 12.2. The van der Waals surface area contributed by atoms with Crippen LogP contribution in [0, 0.1) is 6.92 Å². The minimum Gasteiger partial charge on any atom is -0.507 e. The molecule has 0 aliphatic carbocycles. The van der Waals surface area contributed by atoms with Gasteiger partial charge in [-0.2, -0.15) is 0 Å². The summed E-state index contributed by atoms with van der Waals surface area (Å²) in [6, 6.07) is 5.73. The minimum absolute atomic E-state index is 0.241. The quantitative estimate of drug-likeness (QED) is 0.811. The predicted molar refractivity (Wildman–Crippen MR) is 79.6 cm³/mol. The molecule has 1 aliphatic heterocycles. The van der Waals surface area contributed by atoms with E-state index in [1.165, 1.54) is 6.42 Å². The average Bonchev–Trinajstić information content (AvgIpc) is 2.48. The van der Waals surface area contributed by atoms with Crippen LogP contribution in [0.2, 0.25) is 0 Å². The second kappa shape index (κ2) is 7.29. The first-order chi connectivity index (χ1) is 9.68. The van der Waals surface area contributed by atoms with Crippen LogP contribution in [0.4, 0.5) is 0 Å². The summed E-state index contributed by atoms with van der Waals surface area (Å²) in [6.07, 6.45) is 4.05. The maximum atomic E-state index is 12.0. The van der Waals surface area contributed by atoms with Gasteiger partial charge in [0.25, 0.3) is 0 Å². The Kier molecular flexibility index (Phi) is 5.41. The monoisotopic (exact) mass is 276 g/mol. The zero-order chi connectivity index (χ0) is 14.4. The minimum atomic E-state index is 0.241. The number of likely N-dealkylation sites (tertiary alicyclic amines) is 1. The molecule has 1 aromatic rings. The fourth-order valence-corrected chi connectivity index (χ4v) is 2.58. The summed E-state index contributed by atoms with van der Waals surface area (Å²) in [5.74, 6) is 0.591. The van der Waals surface area contributed by atoms with Gasteiger partial charge < -0.3 is 15.3 Å². The maximum Gasteiger partial charge on any atom is 0.223 e. The topological polar surface area (TPSA) is 52.6 Å². The molecule has 0 aromatic heterocycles. The second-order valence-electron chi connectivity index (χ2n) is 5.45. The van der Waals surface area contributed by atoms with Crippen LogP contribution < -0.4 is 5.32 Å². The molecule has 0 radical (unpaired) electrons. The van der Waals surface area contributed by atoms with Gasteiger partial charge in [0.2, 0.25) is 5.91 Å². The average molecular weight is 276 g/mol. The van der Waals surface area contributed by atoms with Gasteiger partial charge in [0, 0.05) is 38.2 Å². The molecular weight excluding hydrogens is 252 g/mol. The van der Waals surface area contributed by atoms with E-state index in [0.717, 1.165) is 37.1 Å². The van der Waals surface area contributed by atoms with Gasteiger partial charge in [-0.1, -0.05) is 18.2 Å². The largest absolute Gasteiger partial charge is 0.507 e. The van der Waals surface area contributed by atoms with Gasteiger partial charge in [-0.3, -0.25) is 4.79 Å². The smallest absolute Gasteiger partial charge is 0.223 e. The summed E-state index contributed by atoms with van der Waals surface area (Å²) in [7, 11) is 0. The van der Waals surface area contributed by atoms with Crippen LogP contribution in [-0.2, 0) is 11.3 Å². The van der Waals surface area contributed by atoms with Crippen LogP contribution in [0.1, 0.15) is 36.8 Å². The van der Waals surface area contributed by atoms with Crippen molar-refractivity contribution in [3.8, 4) is 5.75 Å². The molecule has 1 heterocycles. The van der Waals surface area contributed by atoms with Gasteiger partial charge in [-0.15, -0.1) is 0 Å². The number of benzene rings is 1. The fourth-order valence-electron chi connectivity index (χ4n) is 2.58. The highest BCUT2D eigenvalue weighted by molar-refractivity contribution is 5.76. The lowest BCUT2D eigenvalue weighted by Gasteiger charge is -2.26. The molecule has 2 rings (SSSR count). The van der Waals surface area contributed by atoms with E-state index in [-0.39, 0.29) is 5.91 Å². The Morgan fingerprint density at radius 2 is 2.05 bits per heavy atom. The van der Waals surface area contributed by atoms with E-state index in [2.05, 4.69) is 5.32 Å². The molecule has 0 spiro atoms. The predicted octanol–water partition coefficient (Wildman–Crippen LogP) is 2.19. The number of rotatable bonds is 5. The van der Waals surface area contributed by atoms with E-state index in [1.54, 1.807) is 0 Å². The van der Waals surface area contributed by atoms with Crippen molar-refractivity contribution in [3.63, 3.8) is 0 Å². The SMILES string of the molecule is Cc1cccc(CNCCC(=O)N2CCCCC2)c1O. The van der Waals surface area contributed by atoms with Crippen molar-refractivity contribution in [3.05, 3.63) is 29.3 Å². The van der Waals surface area contributed by atoms with Crippen LogP contribution in [0.25, 0.3) is 0 Å². The molecule has 1 aromatic carbocycles. The number of para-hydroxylation sites is 1. The number of hydrogen-bond acceptors (Lipinski definition) is 3. The van der Waals surface area contributed by atoms with E-state index in [0.29, 0.717) is 25.3 Å². The number of piperidine rings is 1. The lowest BCUT2D eigenvalue weighted by Crippen LogP contribution is -2.37. The Balaban J connectivity index is 1.70. The van der Waals surface area contributed by atoms with Crippen molar-refractivity contribution in [2.75, 3.05) is 19.6 Å². The van der Waals surface area contributed by atoms with E-state index in [4.69, 9.17) is 0 Å². The van der Waals surface area contributed by atoms with E-state index >= 15 is 0 Å². The highest BCUT2D eigenvalue weighted by Gasteiger charge is 2.15. The van der Waals surface area contributed by atoms with Gasteiger partial charge in [0.15, 0.2) is 0 Å². The number of nitrogens with one attached hydrogen (secondary N) is 1. The Hall–Kier alpha value is -1.55. The summed E-state index contributed by atoms with van der Waals surface area (Å²) < 4.78 is 0. The van der Waals surface area contributed by atoms with Crippen LogP contribution in [-0.4, -0.2) is 35.5 Å². The van der Waals surface area contributed by atoms with Crippen molar-refractivity contribution in [1.82, 2.24) is 10.2 Å². The third kappa shape index (κ3) is 3.97. The summed E-state index contributed by atoms with van der Waals surface area (Å²) in [4.78, 5) is 13.9. The molecule has 0 unspecified atom stereocenters. The first kappa shape index (κ1) is 14.9. The Morgan fingerprint density at radius 1 is 1.30 bits per heavy atom. The Morgan fingerprint density at radius 3 is 2.80 bits per heavy atom. The van der Waals surface area contributed by atoms with E-state index < -0.39 is 0 Å². The maximum absolute atomic E-state index is 12.0. The van der Waals surface area contributed by atoms with E-state index in [1.807, 2.05) is 30.0 Å². The van der Waals surface area contributed by atoms with Crippen molar-refractivity contribution in [2.24, 2.45) is 0 Å². The number of phenolic OH excluding ortho intramolecular Hbond substituents is 1. The van der Waals surface area contributed by atoms with Gasteiger partial charge in [-0.25, -0.2) is 0 Å². The van der Waals surface area contributed by atoms with E-state index in [9.17, 15) is 9.90 Å². The molecule has 4 nitrogen and oxygen atoms in total. The van der Waals surface area contributed by atoms with Gasteiger partial charge >= 0.3 is 0 Å². The molecule has 1 aliphatic rings. The molecule has 1 fully saturated rings. The van der Waals surface area contributed by atoms with Crippen LogP contribution in [0.15, 0.2) is 18.2 Å². The van der Waals surface area contributed by atoms with Crippen molar-refractivity contribution in [1.29, 1.82) is 0 Å². The molecule has 0 bridgehead atoms. The van der Waals surface area contributed by atoms with Crippen molar-refractivity contribution >= 4 is 5.91 Å². The number of aryl methyl sites for hydroxylation is 1. The first-order valence-corrected chi connectivity index (χ1v) is 7.44. The number of phenols is 1. The Bertz CT molecular complexity index is 454. The van der Waals surface area contributed by atoms with Crippen LogP contribution in [0.3, 0.4) is 0 Å². The summed E-state index contributed by atoms with van der Waals surface area (Å²) >= 11 is 0. The zero-order valence-electron chi connectivity index (χ0n) is 12.2. The molecule has 4 heteroatoms. The summed E-state index contributed by atoms with van der Waals surface area (Å²) in [5, 5.41) is 13.1. The van der Waals surface area contributed by atoms with Crippen LogP contribution >= 0.6 is 0 Å². The Labute approximate surface area is 120 Å². The molecule has 110 valence electrons. The highest BCUT2D eigenvalue weighted by Crippen LogP contribution is 2.20.